The lowest BCUT2D eigenvalue weighted by Crippen LogP contribution is -2.20. The summed E-state index contributed by atoms with van der Waals surface area (Å²) in [6.07, 6.45) is 6.31. The molecule has 2 rings (SSSR count). The molecule has 2 aliphatic rings. The third-order valence-electron chi connectivity index (χ3n) is 3.16. The van der Waals surface area contributed by atoms with E-state index in [0.29, 0.717) is 12.5 Å². The highest BCUT2D eigenvalue weighted by Gasteiger charge is 2.50. The van der Waals surface area contributed by atoms with Gasteiger partial charge in [0.1, 0.15) is 0 Å². The summed E-state index contributed by atoms with van der Waals surface area (Å²) in [5.41, 5.74) is 0. The molecule has 0 radical (unpaired) electrons. The molecule has 1 saturated heterocycles. The average molecular weight is 228 g/mol. The second-order valence-electron chi connectivity index (χ2n) is 4.17. The fourth-order valence-electron chi connectivity index (χ4n) is 2.36. The van der Waals surface area contributed by atoms with Crippen LogP contribution in [-0.4, -0.2) is 24.8 Å². The summed E-state index contributed by atoms with van der Waals surface area (Å²) in [6, 6.07) is 0. The Morgan fingerprint density at radius 3 is 2.44 bits per heavy atom. The molecule has 0 amide bonds. The van der Waals surface area contributed by atoms with Crippen molar-refractivity contribution in [2.75, 3.05) is 6.61 Å². The van der Waals surface area contributed by atoms with E-state index in [0.717, 1.165) is 0 Å². The number of hydrogen-bond donors (Lipinski definition) is 0. The molecular formula is C13H24O3. The summed E-state index contributed by atoms with van der Waals surface area (Å²) < 4.78 is 10.3. The van der Waals surface area contributed by atoms with E-state index in [2.05, 4.69) is 0 Å². The summed E-state index contributed by atoms with van der Waals surface area (Å²) in [6.45, 7) is 6.28. The van der Waals surface area contributed by atoms with E-state index in [1.165, 1.54) is 32.1 Å². The Hall–Kier alpha value is -0.570. The third-order valence-corrected chi connectivity index (χ3v) is 3.16. The lowest BCUT2D eigenvalue weighted by Gasteiger charge is -2.19. The lowest BCUT2D eigenvalue weighted by molar-refractivity contribution is -0.144. The second kappa shape index (κ2) is 6.89. The molecule has 94 valence electrons. The van der Waals surface area contributed by atoms with Crippen LogP contribution in [0.1, 0.15) is 52.9 Å². The van der Waals surface area contributed by atoms with E-state index in [1.54, 1.807) is 0 Å². The van der Waals surface area contributed by atoms with E-state index in [-0.39, 0.29) is 18.2 Å². The molecule has 2 unspecified atom stereocenters. The number of carbonyl (C=O) groups excluding carboxylic acids is 1. The van der Waals surface area contributed by atoms with Crippen LogP contribution in [0, 0.1) is 5.92 Å². The fourth-order valence-corrected chi connectivity index (χ4v) is 2.36. The smallest absolute Gasteiger partial charge is 0.338 e. The van der Waals surface area contributed by atoms with Crippen molar-refractivity contribution in [3.8, 4) is 0 Å². The van der Waals surface area contributed by atoms with Gasteiger partial charge in [0.15, 0.2) is 6.10 Å². The van der Waals surface area contributed by atoms with Gasteiger partial charge < -0.3 is 9.47 Å². The van der Waals surface area contributed by atoms with E-state index in [9.17, 15) is 4.79 Å². The molecule has 0 bridgehead atoms. The van der Waals surface area contributed by atoms with Gasteiger partial charge in [0, 0.05) is 0 Å². The van der Waals surface area contributed by atoms with Crippen LogP contribution in [0.5, 0.6) is 0 Å². The molecule has 2 atom stereocenters. The van der Waals surface area contributed by atoms with Crippen molar-refractivity contribution in [3.05, 3.63) is 0 Å². The maximum Gasteiger partial charge on any atom is 0.338 e. The number of epoxide rings is 1. The van der Waals surface area contributed by atoms with E-state index >= 15 is 0 Å². The van der Waals surface area contributed by atoms with Gasteiger partial charge >= 0.3 is 5.97 Å². The predicted molar refractivity (Wildman–Crippen MR) is 63.2 cm³/mol. The molecule has 1 aliphatic heterocycles. The molecule has 0 aromatic heterocycles. The zero-order valence-corrected chi connectivity index (χ0v) is 10.7. The van der Waals surface area contributed by atoms with Crippen LogP contribution in [-0.2, 0) is 14.3 Å². The maximum atomic E-state index is 11.3. The highest BCUT2D eigenvalue weighted by Crippen LogP contribution is 2.38. The molecule has 1 saturated carbocycles. The van der Waals surface area contributed by atoms with E-state index in [4.69, 9.17) is 9.47 Å². The largest absolute Gasteiger partial charge is 0.464 e. The minimum atomic E-state index is -0.238. The molecule has 2 fully saturated rings. The Kier molecular flexibility index (Phi) is 5.81. The Morgan fingerprint density at radius 2 is 1.88 bits per heavy atom. The summed E-state index contributed by atoms with van der Waals surface area (Å²) in [5.74, 6) is 0.446. The number of rotatable bonds is 3. The van der Waals surface area contributed by atoms with Crippen LogP contribution < -0.4 is 0 Å². The molecule has 0 aromatic rings. The monoisotopic (exact) mass is 228 g/mol. The molecule has 3 nitrogen and oxygen atoms in total. The molecule has 0 spiro atoms. The first kappa shape index (κ1) is 13.5. The SMILES string of the molecule is CC.CCOC(=O)C1OC1C1CCCCC1. The van der Waals surface area contributed by atoms with Gasteiger partial charge in [-0.15, -0.1) is 0 Å². The topological polar surface area (TPSA) is 38.8 Å². The van der Waals surface area contributed by atoms with Gasteiger partial charge in [-0.25, -0.2) is 4.79 Å². The molecule has 0 aromatic carbocycles. The molecular weight excluding hydrogens is 204 g/mol. The molecule has 16 heavy (non-hydrogen) atoms. The highest BCUT2D eigenvalue weighted by molar-refractivity contribution is 5.78. The summed E-state index contributed by atoms with van der Waals surface area (Å²) in [4.78, 5) is 11.3. The van der Waals surface area contributed by atoms with E-state index < -0.39 is 0 Å². The van der Waals surface area contributed by atoms with Crippen LogP contribution in [0.2, 0.25) is 0 Å². The highest BCUT2D eigenvalue weighted by atomic mass is 16.6. The Labute approximate surface area is 98.5 Å². The number of carbonyl (C=O) groups is 1. The molecule has 3 heteroatoms. The van der Waals surface area contributed by atoms with Gasteiger partial charge in [-0.2, -0.15) is 0 Å². The van der Waals surface area contributed by atoms with Crippen molar-refractivity contribution in [2.24, 2.45) is 5.92 Å². The minimum Gasteiger partial charge on any atom is -0.464 e. The summed E-state index contributed by atoms with van der Waals surface area (Å²) in [5, 5.41) is 0. The lowest BCUT2D eigenvalue weighted by atomic mass is 9.86. The normalized spacial score (nSPS) is 28.9. The first-order valence-electron chi connectivity index (χ1n) is 6.65. The number of ether oxygens (including phenoxy) is 2. The van der Waals surface area contributed by atoms with Crippen LogP contribution in [0.4, 0.5) is 0 Å². The van der Waals surface area contributed by atoms with Gasteiger partial charge in [-0.1, -0.05) is 33.1 Å². The van der Waals surface area contributed by atoms with Gasteiger partial charge in [0.05, 0.1) is 12.7 Å². The average Bonchev–Trinajstić information content (AvgIpc) is 3.13. The Balaban J connectivity index is 0.000000606. The van der Waals surface area contributed by atoms with Crippen molar-refractivity contribution in [2.45, 2.75) is 65.1 Å². The van der Waals surface area contributed by atoms with Crippen molar-refractivity contribution >= 4 is 5.97 Å². The van der Waals surface area contributed by atoms with Crippen LogP contribution >= 0.6 is 0 Å². The summed E-state index contributed by atoms with van der Waals surface area (Å²) >= 11 is 0. The maximum absolute atomic E-state index is 11.3. The Morgan fingerprint density at radius 1 is 1.25 bits per heavy atom. The van der Waals surface area contributed by atoms with Crippen LogP contribution in [0.25, 0.3) is 0 Å². The Bertz CT molecular complexity index is 209. The molecule has 1 heterocycles. The van der Waals surface area contributed by atoms with Crippen LogP contribution in [0.3, 0.4) is 0 Å². The van der Waals surface area contributed by atoms with Crippen molar-refractivity contribution in [1.29, 1.82) is 0 Å². The molecule has 1 aliphatic carbocycles. The minimum absolute atomic E-state index is 0.164. The third kappa shape index (κ3) is 3.48. The van der Waals surface area contributed by atoms with E-state index in [1.807, 2.05) is 20.8 Å². The van der Waals surface area contributed by atoms with Crippen LogP contribution in [0.15, 0.2) is 0 Å². The van der Waals surface area contributed by atoms with Gasteiger partial charge in [0.2, 0.25) is 0 Å². The van der Waals surface area contributed by atoms with Gasteiger partial charge in [0.25, 0.3) is 0 Å². The zero-order chi connectivity index (χ0) is 12.0. The standard InChI is InChI=1S/C11H18O3.C2H6/c1-2-13-11(12)10-9(14-10)8-6-4-3-5-7-8;1-2/h8-10H,2-7H2,1H3;1-2H3. The quantitative estimate of drug-likeness (QED) is 0.550. The number of esters is 1. The summed E-state index contributed by atoms with van der Waals surface area (Å²) in [7, 11) is 0. The van der Waals surface area contributed by atoms with Crippen molar-refractivity contribution in [3.63, 3.8) is 0 Å². The first-order valence-corrected chi connectivity index (χ1v) is 6.65. The molecule has 0 N–H and O–H groups in total. The second-order valence-corrected chi connectivity index (χ2v) is 4.17. The van der Waals surface area contributed by atoms with Gasteiger partial charge in [-0.05, 0) is 25.7 Å². The number of hydrogen-bond acceptors (Lipinski definition) is 3. The van der Waals surface area contributed by atoms with Crippen molar-refractivity contribution < 1.29 is 14.3 Å². The van der Waals surface area contributed by atoms with Gasteiger partial charge in [-0.3, -0.25) is 0 Å². The fraction of sp³-hybridized carbons (Fsp3) is 0.923. The predicted octanol–water partition coefficient (Wildman–Crippen LogP) is 2.92. The van der Waals surface area contributed by atoms with Crippen molar-refractivity contribution in [1.82, 2.24) is 0 Å². The zero-order valence-electron chi connectivity index (χ0n) is 10.7. The first-order chi connectivity index (χ1) is 7.83.